The van der Waals surface area contributed by atoms with Crippen molar-refractivity contribution < 1.29 is 13.9 Å². The number of hydrogen-bond donors (Lipinski definition) is 2. The Morgan fingerprint density at radius 1 is 1.25 bits per heavy atom. The summed E-state index contributed by atoms with van der Waals surface area (Å²) in [6.45, 7) is 0.523. The molecule has 0 aliphatic carbocycles. The summed E-state index contributed by atoms with van der Waals surface area (Å²) in [5.74, 6) is 6.75. The van der Waals surface area contributed by atoms with Gasteiger partial charge in [-0.05, 0) is 36.2 Å². The summed E-state index contributed by atoms with van der Waals surface area (Å²) in [5.41, 5.74) is 1.63. The fourth-order valence-electron chi connectivity index (χ4n) is 2.52. The number of nitrogens with zero attached hydrogens (tertiary/aromatic N) is 3. The first-order chi connectivity index (χ1) is 13.6. The maximum absolute atomic E-state index is 13.4. The highest BCUT2D eigenvalue weighted by atomic mass is 32.2. The van der Waals surface area contributed by atoms with Crippen LogP contribution in [0.15, 0.2) is 53.7 Å². The summed E-state index contributed by atoms with van der Waals surface area (Å²) in [6, 6.07) is 13.6. The minimum atomic E-state index is -0.383. The van der Waals surface area contributed by atoms with Crippen molar-refractivity contribution in [2.45, 2.75) is 11.6 Å². The van der Waals surface area contributed by atoms with E-state index in [1.807, 2.05) is 24.3 Å². The molecule has 3 aromatic rings. The number of amides is 1. The number of rotatable bonds is 8. The molecule has 146 valence electrons. The monoisotopic (exact) mass is 401 g/mol. The molecule has 0 saturated carbocycles. The van der Waals surface area contributed by atoms with Crippen LogP contribution in [-0.4, -0.2) is 40.2 Å². The average Bonchev–Trinajstić information content (AvgIpc) is 3.07. The van der Waals surface area contributed by atoms with Gasteiger partial charge in [-0.3, -0.25) is 4.79 Å². The van der Waals surface area contributed by atoms with Gasteiger partial charge in [0.05, 0.1) is 12.9 Å². The van der Waals surface area contributed by atoms with Gasteiger partial charge < -0.3 is 15.9 Å². The largest absolute Gasteiger partial charge is 0.497 e. The average molecular weight is 401 g/mol. The number of nitrogens with two attached hydrogens (primary N) is 1. The van der Waals surface area contributed by atoms with Crippen LogP contribution < -0.4 is 15.9 Å². The first-order valence-electron chi connectivity index (χ1n) is 8.55. The summed E-state index contributed by atoms with van der Waals surface area (Å²) in [7, 11) is 1.62. The molecular weight excluding hydrogens is 381 g/mol. The molecule has 0 unspecified atom stereocenters. The summed E-state index contributed by atoms with van der Waals surface area (Å²) in [5, 5.41) is 11.2. The second-order valence-electron chi connectivity index (χ2n) is 5.92. The van der Waals surface area contributed by atoms with E-state index in [1.165, 1.54) is 28.6 Å². The van der Waals surface area contributed by atoms with Crippen molar-refractivity contribution in [2.75, 3.05) is 25.3 Å². The van der Waals surface area contributed by atoms with Crippen molar-refractivity contribution in [3.8, 4) is 17.1 Å². The van der Waals surface area contributed by atoms with Crippen LogP contribution in [0.3, 0.4) is 0 Å². The first-order valence-corrected chi connectivity index (χ1v) is 9.54. The molecule has 0 radical (unpaired) electrons. The smallest absolute Gasteiger partial charge is 0.230 e. The highest BCUT2D eigenvalue weighted by Gasteiger charge is 2.14. The Morgan fingerprint density at radius 3 is 2.75 bits per heavy atom. The van der Waals surface area contributed by atoms with E-state index in [9.17, 15) is 9.18 Å². The van der Waals surface area contributed by atoms with E-state index in [-0.39, 0.29) is 17.5 Å². The van der Waals surface area contributed by atoms with E-state index in [0.717, 1.165) is 17.7 Å². The molecule has 0 atom stereocenters. The number of nitrogens with one attached hydrogen (secondary N) is 1. The lowest BCUT2D eigenvalue weighted by molar-refractivity contribution is -0.118. The fourth-order valence-corrected chi connectivity index (χ4v) is 3.21. The molecule has 0 bridgehead atoms. The lowest BCUT2D eigenvalue weighted by Crippen LogP contribution is -2.27. The zero-order chi connectivity index (χ0) is 19.9. The van der Waals surface area contributed by atoms with Crippen LogP contribution in [0, 0.1) is 5.82 Å². The van der Waals surface area contributed by atoms with Gasteiger partial charge in [0.15, 0.2) is 5.82 Å². The highest BCUT2D eigenvalue weighted by Crippen LogP contribution is 2.22. The maximum atomic E-state index is 13.4. The molecule has 28 heavy (non-hydrogen) atoms. The number of carbonyl (C=O) groups excluding carboxylic acids is 1. The molecular formula is C19H20FN5O2S. The molecule has 0 fully saturated rings. The van der Waals surface area contributed by atoms with Gasteiger partial charge in [0, 0.05) is 12.1 Å². The Kier molecular flexibility index (Phi) is 6.49. The number of benzene rings is 2. The molecule has 0 aliphatic rings. The molecule has 2 aromatic carbocycles. The van der Waals surface area contributed by atoms with Crippen LogP contribution in [-0.2, 0) is 11.2 Å². The number of methoxy groups -OCH3 is 1. The molecule has 0 spiro atoms. The first kappa shape index (κ1) is 19.7. The third-order valence-corrected chi connectivity index (χ3v) is 4.92. The van der Waals surface area contributed by atoms with Crippen molar-refractivity contribution >= 4 is 17.7 Å². The lowest BCUT2D eigenvalue weighted by atomic mass is 10.1. The van der Waals surface area contributed by atoms with E-state index in [0.29, 0.717) is 23.1 Å². The predicted molar refractivity (Wildman–Crippen MR) is 106 cm³/mol. The summed E-state index contributed by atoms with van der Waals surface area (Å²) in [4.78, 5) is 12.0. The second-order valence-corrected chi connectivity index (χ2v) is 6.87. The quantitative estimate of drug-likeness (QED) is 0.444. The number of carbonyl (C=O) groups is 1. The molecule has 3 rings (SSSR count). The SMILES string of the molecule is COc1ccc(CCNC(=O)CSc2nnc(-c3cccc(F)c3)n2N)cc1. The van der Waals surface area contributed by atoms with E-state index in [4.69, 9.17) is 10.6 Å². The standard InChI is InChI=1S/C19H20FN5O2S/c1-27-16-7-5-13(6-8-16)9-10-22-17(26)12-28-19-24-23-18(25(19)21)14-3-2-4-15(20)11-14/h2-8,11H,9-10,12,21H2,1H3,(H,22,26). The Balaban J connectivity index is 1.48. The zero-order valence-electron chi connectivity index (χ0n) is 15.3. The van der Waals surface area contributed by atoms with E-state index in [1.54, 1.807) is 19.2 Å². The highest BCUT2D eigenvalue weighted by molar-refractivity contribution is 7.99. The Hall–Kier alpha value is -3.07. The molecule has 0 aliphatic heterocycles. The lowest BCUT2D eigenvalue weighted by Gasteiger charge is -2.06. The van der Waals surface area contributed by atoms with E-state index < -0.39 is 0 Å². The number of nitrogen functional groups attached to an aromatic ring is 1. The third kappa shape index (κ3) is 5.01. The minimum absolute atomic E-state index is 0.131. The molecule has 0 saturated heterocycles. The van der Waals surface area contributed by atoms with Crippen molar-refractivity contribution in [3.63, 3.8) is 0 Å². The molecule has 1 amide bonds. The van der Waals surface area contributed by atoms with Crippen LogP contribution in [0.5, 0.6) is 5.75 Å². The predicted octanol–water partition coefficient (Wildman–Crippen LogP) is 2.26. The number of halogens is 1. The van der Waals surface area contributed by atoms with Gasteiger partial charge in [-0.25, -0.2) is 9.07 Å². The van der Waals surface area contributed by atoms with Crippen molar-refractivity contribution in [3.05, 3.63) is 59.9 Å². The molecule has 9 heteroatoms. The van der Waals surface area contributed by atoms with Crippen LogP contribution in [0.25, 0.3) is 11.4 Å². The Bertz CT molecular complexity index is 946. The summed E-state index contributed by atoms with van der Waals surface area (Å²) >= 11 is 1.17. The van der Waals surface area contributed by atoms with Crippen molar-refractivity contribution in [2.24, 2.45) is 0 Å². The van der Waals surface area contributed by atoms with Gasteiger partial charge >= 0.3 is 0 Å². The maximum Gasteiger partial charge on any atom is 0.230 e. The topological polar surface area (TPSA) is 95.1 Å². The van der Waals surface area contributed by atoms with Gasteiger partial charge in [-0.15, -0.1) is 10.2 Å². The summed E-state index contributed by atoms with van der Waals surface area (Å²) < 4.78 is 19.7. The van der Waals surface area contributed by atoms with Crippen LogP contribution in [0.1, 0.15) is 5.56 Å². The minimum Gasteiger partial charge on any atom is -0.497 e. The third-order valence-electron chi connectivity index (χ3n) is 3.97. The second kappa shape index (κ2) is 9.23. The Morgan fingerprint density at radius 2 is 2.04 bits per heavy atom. The van der Waals surface area contributed by atoms with Gasteiger partial charge in [-0.2, -0.15) is 0 Å². The summed E-state index contributed by atoms with van der Waals surface area (Å²) in [6.07, 6.45) is 0.719. The molecule has 1 heterocycles. The Labute approximate surface area is 166 Å². The van der Waals surface area contributed by atoms with Gasteiger partial charge in [0.2, 0.25) is 11.1 Å². The van der Waals surface area contributed by atoms with Crippen LogP contribution >= 0.6 is 11.8 Å². The normalized spacial score (nSPS) is 10.6. The fraction of sp³-hybridized carbons (Fsp3) is 0.211. The zero-order valence-corrected chi connectivity index (χ0v) is 16.1. The molecule has 3 N–H and O–H groups in total. The van der Waals surface area contributed by atoms with Crippen molar-refractivity contribution in [1.82, 2.24) is 20.2 Å². The molecule has 1 aromatic heterocycles. The van der Waals surface area contributed by atoms with Crippen LogP contribution in [0.4, 0.5) is 4.39 Å². The van der Waals surface area contributed by atoms with Crippen LogP contribution in [0.2, 0.25) is 0 Å². The van der Waals surface area contributed by atoms with Crippen molar-refractivity contribution in [1.29, 1.82) is 0 Å². The number of ether oxygens (including phenoxy) is 1. The number of aromatic nitrogens is 3. The number of hydrogen-bond acceptors (Lipinski definition) is 6. The van der Waals surface area contributed by atoms with E-state index in [2.05, 4.69) is 15.5 Å². The number of thioether (sulfide) groups is 1. The molecule has 7 nitrogen and oxygen atoms in total. The van der Waals surface area contributed by atoms with E-state index >= 15 is 0 Å². The van der Waals surface area contributed by atoms with Gasteiger partial charge in [0.1, 0.15) is 11.6 Å². The van der Waals surface area contributed by atoms with Gasteiger partial charge in [-0.1, -0.05) is 36.0 Å². The van der Waals surface area contributed by atoms with Gasteiger partial charge in [0.25, 0.3) is 0 Å².